The third kappa shape index (κ3) is 2.69. The molecule has 0 radical (unpaired) electrons. The van der Waals surface area contributed by atoms with Crippen LogP contribution in [0.15, 0.2) is 36.7 Å². The van der Waals surface area contributed by atoms with Gasteiger partial charge in [-0.25, -0.2) is 9.67 Å². The van der Waals surface area contributed by atoms with Crippen molar-refractivity contribution < 1.29 is 4.79 Å². The number of aromatic nitrogens is 5. The van der Waals surface area contributed by atoms with E-state index in [4.69, 9.17) is 0 Å². The highest BCUT2D eigenvalue weighted by Crippen LogP contribution is 2.10. The van der Waals surface area contributed by atoms with E-state index in [1.165, 1.54) is 0 Å². The SMILES string of the molecule is Cc1nccn1[C@H](C)C(=O)NCCn1nnc2ccccc21. The lowest BCUT2D eigenvalue weighted by Crippen LogP contribution is -2.33. The molecule has 0 bridgehead atoms. The number of nitrogens with zero attached hydrogens (tertiary/aromatic N) is 5. The molecule has 0 spiro atoms. The number of carbonyl (C=O) groups is 1. The molecule has 3 rings (SSSR count). The second kappa shape index (κ2) is 5.97. The van der Waals surface area contributed by atoms with Crippen LogP contribution in [0.2, 0.25) is 0 Å². The molecule has 1 aromatic carbocycles. The molecule has 0 fully saturated rings. The Balaban J connectivity index is 1.59. The number of hydrogen-bond donors (Lipinski definition) is 1. The van der Waals surface area contributed by atoms with Gasteiger partial charge in [0.15, 0.2) is 0 Å². The van der Waals surface area contributed by atoms with Crippen LogP contribution in [0.5, 0.6) is 0 Å². The Bertz CT molecular complexity index is 790. The minimum atomic E-state index is -0.282. The molecule has 2 aromatic heterocycles. The third-order valence-electron chi connectivity index (χ3n) is 3.70. The Labute approximate surface area is 128 Å². The topological polar surface area (TPSA) is 77.6 Å². The van der Waals surface area contributed by atoms with Crippen molar-refractivity contribution in [1.29, 1.82) is 0 Å². The first-order valence-corrected chi connectivity index (χ1v) is 7.22. The predicted molar refractivity (Wildman–Crippen MR) is 82.2 cm³/mol. The molecule has 7 nitrogen and oxygen atoms in total. The molecule has 0 unspecified atom stereocenters. The fourth-order valence-electron chi connectivity index (χ4n) is 2.44. The summed E-state index contributed by atoms with van der Waals surface area (Å²) >= 11 is 0. The average Bonchev–Trinajstić information content (AvgIpc) is 3.13. The van der Waals surface area contributed by atoms with E-state index in [0.29, 0.717) is 13.1 Å². The summed E-state index contributed by atoms with van der Waals surface area (Å²) in [4.78, 5) is 16.3. The Kier molecular flexibility index (Phi) is 3.86. The van der Waals surface area contributed by atoms with E-state index in [9.17, 15) is 4.79 Å². The number of para-hydroxylation sites is 1. The van der Waals surface area contributed by atoms with Crippen molar-refractivity contribution in [2.24, 2.45) is 0 Å². The van der Waals surface area contributed by atoms with Gasteiger partial charge in [0.2, 0.25) is 5.91 Å². The Morgan fingerprint density at radius 2 is 2.18 bits per heavy atom. The van der Waals surface area contributed by atoms with Crippen LogP contribution in [0.4, 0.5) is 0 Å². The van der Waals surface area contributed by atoms with Gasteiger partial charge in [-0.1, -0.05) is 17.3 Å². The number of aryl methyl sites for hydroxylation is 1. The van der Waals surface area contributed by atoms with Gasteiger partial charge in [0, 0.05) is 18.9 Å². The van der Waals surface area contributed by atoms with Crippen molar-refractivity contribution in [3.8, 4) is 0 Å². The van der Waals surface area contributed by atoms with E-state index in [-0.39, 0.29) is 11.9 Å². The van der Waals surface area contributed by atoms with Gasteiger partial charge in [-0.05, 0) is 26.0 Å². The molecule has 22 heavy (non-hydrogen) atoms. The lowest BCUT2D eigenvalue weighted by Gasteiger charge is -2.15. The van der Waals surface area contributed by atoms with Crippen molar-refractivity contribution in [3.63, 3.8) is 0 Å². The van der Waals surface area contributed by atoms with Gasteiger partial charge in [-0.3, -0.25) is 4.79 Å². The number of hydrogen-bond acceptors (Lipinski definition) is 4. The first-order valence-electron chi connectivity index (χ1n) is 7.22. The number of nitrogens with one attached hydrogen (secondary N) is 1. The molecular weight excluding hydrogens is 280 g/mol. The summed E-state index contributed by atoms with van der Waals surface area (Å²) in [5, 5.41) is 11.1. The third-order valence-corrected chi connectivity index (χ3v) is 3.70. The van der Waals surface area contributed by atoms with Crippen LogP contribution < -0.4 is 5.32 Å². The zero-order valence-electron chi connectivity index (χ0n) is 12.6. The highest BCUT2D eigenvalue weighted by molar-refractivity contribution is 5.80. The molecule has 0 saturated carbocycles. The summed E-state index contributed by atoms with van der Waals surface area (Å²) < 4.78 is 3.64. The molecule has 0 aliphatic heterocycles. The average molecular weight is 298 g/mol. The standard InChI is InChI=1S/C15H18N6O/c1-11(20-9-7-16-12(20)2)15(22)17-8-10-21-14-6-4-3-5-13(14)18-19-21/h3-7,9,11H,8,10H2,1-2H3,(H,17,22)/t11-/m1/s1. The summed E-state index contributed by atoms with van der Waals surface area (Å²) in [6.45, 7) is 4.83. The highest BCUT2D eigenvalue weighted by atomic mass is 16.2. The lowest BCUT2D eigenvalue weighted by atomic mass is 10.3. The van der Waals surface area contributed by atoms with Gasteiger partial charge in [-0.15, -0.1) is 5.10 Å². The van der Waals surface area contributed by atoms with Crippen LogP contribution in [0.25, 0.3) is 11.0 Å². The Hall–Kier alpha value is -2.70. The van der Waals surface area contributed by atoms with Crippen molar-refractivity contribution in [2.45, 2.75) is 26.4 Å². The van der Waals surface area contributed by atoms with Crippen LogP contribution in [-0.2, 0) is 11.3 Å². The van der Waals surface area contributed by atoms with Crippen LogP contribution in [0.1, 0.15) is 18.8 Å². The summed E-state index contributed by atoms with van der Waals surface area (Å²) in [5.74, 6) is 0.787. The molecule has 7 heteroatoms. The minimum Gasteiger partial charge on any atom is -0.352 e. The van der Waals surface area contributed by atoms with Crippen LogP contribution in [-0.4, -0.2) is 37.0 Å². The highest BCUT2D eigenvalue weighted by Gasteiger charge is 2.15. The Morgan fingerprint density at radius 3 is 2.95 bits per heavy atom. The van der Waals surface area contributed by atoms with Crippen LogP contribution in [0, 0.1) is 6.92 Å². The summed E-state index contributed by atoms with van der Waals surface area (Å²) in [7, 11) is 0. The number of amides is 1. The van der Waals surface area contributed by atoms with Crippen molar-refractivity contribution in [1.82, 2.24) is 29.9 Å². The normalized spacial score (nSPS) is 12.5. The fraction of sp³-hybridized carbons (Fsp3) is 0.333. The number of imidazole rings is 1. The molecule has 1 amide bonds. The van der Waals surface area contributed by atoms with E-state index in [1.54, 1.807) is 10.9 Å². The van der Waals surface area contributed by atoms with Crippen molar-refractivity contribution >= 4 is 16.9 Å². The maximum Gasteiger partial charge on any atom is 0.242 e. The van der Waals surface area contributed by atoms with E-state index < -0.39 is 0 Å². The van der Waals surface area contributed by atoms with Crippen LogP contribution in [0.3, 0.4) is 0 Å². The van der Waals surface area contributed by atoms with E-state index in [0.717, 1.165) is 16.9 Å². The molecule has 0 aliphatic carbocycles. The summed E-state index contributed by atoms with van der Waals surface area (Å²) in [6, 6.07) is 7.48. The zero-order valence-corrected chi connectivity index (χ0v) is 12.6. The molecule has 3 aromatic rings. The van der Waals surface area contributed by atoms with E-state index >= 15 is 0 Å². The van der Waals surface area contributed by atoms with Gasteiger partial charge in [0.25, 0.3) is 0 Å². The molecule has 0 saturated heterocycles. The number of carbonyl (C=O) groups excluding carboxylic acids is 1. The van der Waals surface area contributed by atoms with Gasteiger partial charge < -0.3 is 9.88 Å². The molecule has 0 aliphatic rings. The molecular formula is C15H18N6O. The molecule has 1 N–H and O–H groups in total. The second-order valence-corrected chi connectivity index (χ2v) is 5.15. The fourth-order valence-corrected chi connectivity index (χ4v) is 2.44. The van der Waals surface area contributed by atoms with Gasteiger partial charge >= 0.3 is 0 Å². The quantitative estimate of drug-likeness (QED) is 0.770. The maximum absolute atomic E-state index is 12.2. The Morgan fingerprint density at radius 1 is 1.36 bits per heavy atom. The number of benzene rings is 1. The van der Waals surface area contributed by atoms with Gasteiger partial charge in [0.05, 0.1) is 12.1 Å². The zero-order chi connectivity index (χ0) is 15.5. The smallest absolute Gasteiger partial charge is 0.242 e. The molecule has 1 atom stereocenters. The number of rotatable bonds is 5. The minimum absolute atomic E-state index is 0.0366. The van der Waals surface area contributed by atoms with E-state index in [2.05, 4.69) is 20.6 Å². The number of fused-ring (bicyclic) bond motifs is 1. The second-order valence-electron chi connectivity index (χ2n) is 5.15. The van der Waals surface area contributed by atoms with E-state index in [1.807, 2.05) is 48.9 Å². The summed E-state index contributed by atoms with van der Waals surface area (Å²) in [5.41, 5.74) is 1.83. The molecule has 2 heterocycles. The van der Waals surface area contributed by atoms with Gasteiger partial charge in [0.1, 0.15) is 17.4 Å². The lowest BCUT2D eigenvalue weighted by molar-refractivity contribution is -0.123. The monoisotopic (exact) mass is 298 g/mol. The molecule has 114 valence electrons. The summed E-state index contributed by atoms with van der Waals surface area (Å²) in [6.07, 6.45) is 3.51. The predicted octanol–water partition coefficient (Wildman–Crippen LogP) is 1.31. The van der Waals surface area contributed by atoms with Gasteiger partial charge in [-0.2, -0.15) is 0 Å². The van der Waals surface area contributed by atoms with Crippen LogP contribution >= 0.6 is 0 Å². The first kappa shape index (κ1) is 14.2. The van der Waals surface area contributed by atoms with Crippen molar-refractivity contribution in [2.75, 3.05) is 6.54 Å². The largest absolute Gasteiger partial charge is 0.352 e. The maximum atomic E-state index is 12.2. The first-order chi connectivity index (χ1) is 10.7. The van der Waals surface area contributed by atoms with Crippen molar-refractivity contribution in [3.05, 3.63) is 42.5 Å².